The average molecular weight is 266 g/mol. The van der Waals surface area contributed by atoms with Crippen molar-refractivity contribution in [3.8, 4) is 5.75 Å². The van der Waals surface area contributed by atoms with Crippen molar-refractivity contribution in [1.82, 2.24) is 10.1 Å². The van der Waals surface area contributed by atoms with Gasteiger partial charge < -0.3 is 14.4 Å². The summed E-state index contributed by atoms with van der Waals surface area (Å²) in [4.78, 5) is 14.9. The lowest BCUT2D eigenvalue weighted by atomic mass is 10.2. The van der Waals surface area contributed by atoms with E-state index in [9.17, 15) is 9.18 Å². The number of benzene rings is 1. The topological polar surface area (TPSA) is 85.5 Å². The van der Waals surface area contributed by atoms with Crippen LogP contribution >= 0.6 is 0 Å². The quantitative estimate of drug-likeness (QED) is 0.891. The number of halogens is 1. The van der Waals surface area contributed by atoms with Crippen molar-refractivity contribution in [1.29, 1.82) is 0 Å². The highest BCUT2D eigenvalue weighted by Gasteiger charge is 2.17. The maximum Gasteiger partial charge on any atom is 0.342 e. The molecule has 0 aliphatic rings. The second-order valence-electron chi connectivity index (χ2n) is 3.66. The van der Waals surface area contributed by atoms with E-state index >= 15 is 0 Å². The predicted molar refractivity (Wildman–Crippen MR) is 61.4 cm³/mol. The summed E-state index contributed by atoms with van der Waals surface area (Å²) in [5.74, 6) is -1.59. The summed E-state index contributed by atoms with van der Waals surface area (Å²) in [6.07, 6.45) is 0.591. The number of aromatic carboxylic acids is 1. The van der Waals surface area contributed by atoms with Crippen molar-refractivity contribution >= 4 is 5.97 Å². The van der Waals surface area contributed by atoms with Gasteiger partial charge in [-0.05, 0) is 12.1 Å². The van der Waals surface area contributed by atoms with Gasteiger partial charge >= 0.3 is 5.97 Å². The lowest BCUT2D eigenvalue weighted by Gasteiger charge is -2.07. The van der Waals surface area contributed by atoms with Crippen molar-refractivity contribution in [3.05, 3.63) is 41.3 Å². The first-order chi connectivity index (χ1) is 9.11. The Morgan fingerprint density at radius 3 is 2.95 bits per heavy atom. The molecule has 19 heavy (non-hydrogen) atoms. The Morgan fingerprint density at radius 2 is 2.32 bits per heavy atom. The fourth-order valence-electron chi connectivity index (χ4n) is 1.47. The molecule has 1 aromatic carbocycles. The highest BCUT2D eigenvalue weighted by molar-refractivity contribution is 5.91. The molecule has 0 unspecified atom stereocenters. The standard InChI is InChI=1S/C12H11FN2O4/c1-2-10-14-9(15-19-10)6-18-8-5-3-4-7(13)11(8)12(16)17/h3-5H,2,6H2,1H3,(H,16,17). The van der Waals surface area contributed by atoms with Crippen molar-refractivity contribution in [2.24, 2.45) is 0 Å². The Labute approximate surface area is 107 Å². The normalized spacial score (nSPS) is 10.4. The van der Waals surface area contributed by atoms with Crippen LogP contribution in [0, 0.1) is 5.82 Å². The van der Waals surface area contributed by atoms with E-state index in [0.29, 0.717) is 12.3 Å². The van der Waals surface area contributed by atoms with Gasteiger partial charge in [0.15, 0.2) is 6.61 Å². The molecule has 0 saturated carbocycles. The van der Waals surface area contributed by atoms with Crippen LogP contribution in [0.25, 0.3) is 0 Å². The van der Waals surface area contributed by atoms with Crippen LogP contribution in [0.4, 0.5) is 4.39 Å². The Bertz CT molecular complexity index is 597. The zero-order chi connectivity index (χ0) is 13.8. The van der Waals surface area contributed by atoms with Gasteiger partial charge in [0.25, 0.3) is 0 Å². The summed E-state index contributed by atoms with van der Waals surface area (Å²) < 4.78 is 23.5. The molecule has 7 heteroatoms. The van der Waals surface area contributed by atoms with E-state index in [4.69, 9.17) is 14.4 Å². The third-order valence-corrected chi connectivity index (χ3v) is 2.36. The summed E-state index contributed by atoms with van der Waals surface area (Å²) in [5.41, 5.74) is -0.512. The van der Waals surface area contributed by atoms with E-state index in [2.05, 4.69) is 10.1 Å². The number of carboxylic acid groups (broad SMARTS) is 1. The van der Waals surface area contributed by atoms with Gasteiger partial charge in [-0.15, -0.1) is 0 Å². The van der Waals surface area contributed by atoms with Gasteiger partial charge in [0, 0.05) is 6.42 Å². The molecule has 0 spiro atoms. The van der Waals surface area contributed by atoms with Crippen LogP contribution in [-0.4, -0.2) is 21.2 Å². The molecule has 0 aliphatic heterocycles. The van der Waals surface area contributed by atoms with Gasteiger partial charge in [-0.2, -0.15) is 4.98 Å². The fraction of sp³-hybridized carbons (Fsp3) is 0.250. The number of carbonyl (C=O) groups is 1. The van der Waals surface area contributed by atoms with Crippen molar-refractivity contribution in [3.63, 3.8) is 0 Å². The van der Waals surface area contributed by atoms with Gasteiger partial charge in [0.1, 0.15) is 17.1 Å². The van der Waals surface area contributed by atoms with Crippen LogP contribution in [0.1, 0.15) is 29.0 Å². The second-order valence-corrected chi connectivity index (χ2v) is 3.66. The van der Waals surface area contributed by atoms with E-state index in [-0.39, 0.29) is 18.2 Å². The minimum absolute atomic E-state index is 0.0738. The molecule has 0 bridgehead atoms. The Kier molecular flexibility index (Phi) is 3.74. The van der Waals surface area contributed by atoms with Gasteiger partial charge in [0.2, 0.25) is 11.7 Å². The van der Waals surface area contributed by atoms with Crippen molar-refractivity contribution in [2.45, 2.75) is 20.0 Å². The first-order valence-corrected chi connectivity index (χ1v) is 5.58. The molecule has 0 fully saturated rings. The van der Waals surface area contributed by atoms with Gasteiger partial charge in [0.05, 0.1) is 0 Å². The summed E-state index contributed by atoms with van der Waals surface area (Å²) in [7, 11) is 0. The molecule has 0 aliphatic carbocycles. The lowest BCUT2D eigenvalue weighted by Crippen LogP contribution is -2.06. The second kappa shape index (κ2) is 5.47. The van der Waals surface area contributed by atoms with E-state index in [1.807, 2.05) is 6.92 Å². The largest absolute Gasteiger partial charge is 0.484 e. The van der Waals surface area contributed by atoms with Crippen molar-refractivity contribution in [2.75, 3.05) is 0 Å². The number of rotatable bonds is 5. The highest BCUT2D eigenvalue weighted by atomic mass is 19.1. The molecule has 1 aromatic heterocycles. The smallest absolute Gasteiger partial charge is 0.342 e. The van der Waals surface area contributed by atoms with E-state index in [1.165, 1.54) is 12.1 Å². The molecule has 2 aromatic rings. The monoisotopic (exact) mass is 266 g/mol. The minimum atomic E-state index is -1.39. The number of aryl methyl sites for hydroxylation is 1. The minimum Gasteiger partial charge on any atom is -0.484 e. The Balaban J connectivity index is 2.15. The van der Waals surface area contributed by atoms with Crippen LogP contribution < -0.4 is 4.74 Å². The highest BCUT2D eigenvalue weighted by Crippen LogP contribution is 2.22. The summed E-state index contributed by atoms with van der Waals surface area (Å²) in [6.45, 7) is 1.76. The summed E-state index contributed by atoms with van der Waals surface area (Å²) >= 11 is 0. The van der Waals surface area contributed by atoms with E-state index < -0.39 is 17.3 Å². The number of hydrogen-bond donors (Lipinski definition) is 1. The maximum absolute atomic E-state index is 13.4. The summed E-state index contributed by atoms with van der Waals surface area (Å²) in [6, 6.07) is 3.79. The number of carboxylic acids is 1. The molecule has 0 saturated heterocycles. The third kappa shape index (κ3) is 2.87. The van der Waals surface area contributed by atoms with Crippen LogP contribution in [-0.2, 0) is 13.0 Å². The molecule has 100 valence electrons. The number of hydrogen-bond acceptors (Lipinski definition) is 5. The first-order valence-electron chi connectivity index (χ1n) is 5.58. The first kappa shape index (κ1) is 13.0. The van der Waals surface area contributed by atoms with Crippen LogP contribution in [0.3, 0.4) is 0 Å². The molecular formula is C12H11FN2O4. The molecule has 0 atom stereocenters. The van der Waals surface area contributed by atoms with Crippen LogP contribution in [0.5, 0.6) is 5.75 Å². The molecule has 6 nitrogen and oxygen atoms in total. The Morgan fingerprint density at radius 1 is 1.53 bits per heavy atom. The molecule has 2 rings (SSSR count). The summed E-state index contributed by atoms with van der Waals surface area (Å²) in [5, 5.41) is 12.6. The maximum atomic E-state index is 13.4. The van der Waals surface area contributed by atoms with Gasteiger partial charge in [-0.25, -0.2) is 9.18 Å². The third-order valence-electron chi connectivity index (χ3n) is 2.36. The molecule has 1 N–H and O–H groups in total. The fourth-order valence-corrected chi connectivity index (χ4v) is 1.47. The van der Waals surface area contributed by atoms with Crippen LogP contribution in [0.2, 0.25) is 0 Å². The molecule has 0 amide bonds. The number of aromatic nitrogens is 2. The number of ether oxygens (including phenoxy) is 1. The van der Waals surface area contributed by atoms with Gasteiger partial charge in [-0.1, -0.05) is 18.1 Å². The SMILES string of the molecule is CCc1nc(COc2cccc(F)c2C(=O)O)no1. The average Bonchev–Trinajstić information content (AvgIpc) is 2.83. The molecule has 1 heterocycles. The zero-order valence-corrected chi connectivity index (χ0v) is 10.1. The van der Waals surface area contributed by atoms with E-state index in [1.54, 1.807) is 0 Å². The van der Waals surface area contributed by atoms with Crippen LogP contribution in [0.15, 0.2) is 22.7 Å². The predicted octanol–water partition coefficient (Wildman–Crippen LogP) is 2.05. The van der Waals surface area contributed by atoms with Crippen molar-refractivity contribution < 1.29 is 23.6 Å². The van der Waals surface area contributed by atoms with Gasteiger partial charge in [-0.3, -0.25) is 0 Å². The molecular weight excluding hydrogens is 255 g/mol. The Hall–Kier alpha value is -2.44. The number of nitrogens with zero attached hydrogens (tertiary/aromatic N) is 2. The molecule has 0 radical (unpaired) electrons. The lowest BCUT2D eigenvalue weighted by molar-refractivity contribution is 0.0686. The zero-order valence-electron chi connectivity index (χ0n) is 10.1. The van der Waals surface area contributed by atoms with E-state index in [0.717, 1.165) is 6.07 Å².